The summed E-state index contributed by atoms with van der Waals surface area (Å²) in [5, 5.41) is 4.36. The highest BCUT2D eigenvalue weighted by molar-refractivity contribution is 5.25. The maximum absolute atomic E-state index is 6.24. The quantitative estimate of drug-likeness (QED) is 0.894. The first-order chi connectivity index (χ1) is 9.06. The molecule has 0 spiro atoms. The SMILES string of the molecule is Cc1cc(CC(N)CCc2ccccc2C)n(C)n1. The van der Waals surface area contributed by atoms with Crippen LogP contribution in [0.2, 0.25) is 0 Å². The Morgan fingerprint density at radius 1 is 1.26 bits per heavy atom. The van der Waals surface area contributed by atoms with Gasteiger partial charge in [-0.3, -0.25) is 4.68 Å². The second-order valence-electron chi connectivity index (χ2n) is 5.33. The molecule has 1 aromatic carbocycles. The van der Waals surface area contributed by atoms with E-state index in [1.807, 2.05) is 18.7 Å². The zero-order chi connectivity index (χ0) is 13.8. The maximum Gasteiger partial charge on any atom is 0.0596 e. The van der Waals surface area contributed by atoms with E-state index in [-0.39, 0.29) is 6.04 Å². The fourth-order valence-corrected chi connectivity index (χ4v) is 2.46. The number of hydrogen-bond acceptors (Lipinski definition) is 2. The van der Waals surface area contributed by atoms with Gasteiger partial charge < -0.3 is 5.73 Å². The number of nitrogens with zero attached hydrogens (tertiary/aromatic N) is 2. The van der Waals surface area contributed by atoms with E-state index in [1.54, 1.807) is 0 Å². The molecule has 0 aliphatic rings. The van der Waals surface area contributed by atoms with E-state index in [0.29, 0.717) is 0 Å². The van der Waals surface area contributed by atoms with Gasteiger partial charge in [-0.2, -0.15) is 5.10 Å². The first-order valence-corrected chi connectivity index (χ1v) is 6.86. The third-order valence-corrected chi connectivity index (χ3v) is 3.62. The van der Waals surface area contributed by atoms with Crippen LogP contribution in [0.4, 0.5) is 0 Å². The zero-order valence-corrected chi connectivity index (χ0v) is 12.1. The molecule has 0 amide bonds. The molecule has 2 rings (SSSR count). The van der Waals surface area contributed by atoms with Crippen molar-refractivity contribution in [2.24, 2.45) is 12.8 Å². The number of aromatic nitrogens is 2. The molecule has 102 valence electrons. The van der Waals surface area contributed by atoms with Gasteiger partial charge in [0.05, 0.1) is 5.69 Å². The summed E-state index contributed by atoms with van der Waals surface area (Å²) >= 11 is 0. The number of benzene rings is 1. The molecule has 0 saturated carbocycles. The highest BCUT2D eigenvalue weighted by atomic mass is 15.3. The average molecular weight is 257 g/mol. The highest BCUT2D eigenvalue weighted by Gasteiger charge is 2.09. The summed E-state index contributed by atoms with van der Waals surface area (Å²) in [7, 11) is 1.98. The predicted molar refractivity (Wildman–Crippen MR) is 79.1 cm³/mol. The molecule has 2 N–H and O–H groups in total. The smallest absolute Gasteiger partial charge is 0.0596 e. The number of aryl methyl sites for hydroxylation is 4. The molecule has 3 heteroatoms. The van der Waals surface area contributed by atoms with Crippen LogP contribution in [0.15, 0.2) is 30.3 Å². The van der Waals surface area contributed by atoms with Crippen molar-refractivity contribution < 1.29 is 0 Å². The summed E-state index contributed by atoms with van der Waals surface area (Å²) in [6.45, 7) is 4.17. The summed E-state index contributed by atoms with van der Waals surface area (Å²) in [6.07, 6.45) is 2.95. The van der Waals surface area contributed by atoms with Crippen molar-refractivity contribution >= 4 is 0 Å². The predicted octanol–water partition coefficient (Wildman–Crippen LogP) is 2.54. The van der Waals surface area contributed by atoms with Crippen LogP contribution in [0.5, 0.6) is 0 Å². The van der Waals surface area contributed by atoms with Crippen molar-refractivity contribution in [2.45, 2.75) is 39.2 Å². The van der Waals surface area contributed by atoms with Gasteiger partial charge in [0.15, 0.2) is 0 Å². The van der Waals surface area contributed by atoms with Gasteiger partial charge in [-0.15, -0.1) is 0 Å². The fourth-order valence-electron chi connectivity index (χ4n) is 2.46. The van der Waals surface area contributed by atoms with Crippen molar-refractivity contribution in [3.8, 4) is 0 Å². The number of hydrogen-bond donors (Lipinski definition) is 1. The fraction of sp³-hybridized carbons (Fsp3) is 0.438. The summed E-state index contributed by atoms with van der Waals surface area (Å²) in [4.78, 5) is 0. The monoisotopic (exact) mass is 257 g/mol. The molecule has 19 heavy (non-hydrogen) atoms. The second kappa shape index (κ2) is 6.02. The van der Waals surface area contributed by atoms with Crippen molar-refractivity contribution in [1.29, 1.82) is 0 Å². The average Bonchev–Trinajstić information content (AvgIpc) is 2.67. The largest absolute Gasteiger partial charge is 0.327 e. The Labute approximate surface area is 115 Å². The zero-order valence-electron chi connectivity index (χ0n) is 12.1. The van der Waals surface area contributed by atoms with Gasteiger partial charge in [0, 0.05) is 25.2 Å². The molecule has 0 radical (unpaired) electrons. The van der Waals surface area contributed by atoms with E-state index >= 15 is 0 Å². The van der Waals surface area contributed by atoms with Crippen molar-refractivity contribution in [1.82, 2.24) is 9.78 Å². The molecule has 1 unspecified atom stereocenters. The molecular formula is C16H23N3. The van der Waals surface area contributed by atoms with Gasteiger partial charge in [-0.25, -0.2) is 0 Å². The Balaban J connectivity index is 1.90. The van der Waals surface area contributed by atoms with Gasteiger partial charge in [-0.1, -0.05) is 24.3 Å². The Morgan fingerprint density at radius 3 is 2.63 bits per heavy atom. The van der Waals surface area contributed by atoms with E-state index in [4.69, 9.17) is 5.73 Å². The summed E-state index contributed by atoms with van der Waals surface area (Å²) in [6, 6.07) is 10.8. The molecule has 2 aromatic rings. The van der Waals surface area contributed by atoms with Crippen LogP contribution in [0.3, 0.4) is 0 Å². The lowest BCUT2D eigenvalue weighted by Gasteiger charge is -2.12. The minimum absolute atomic E-state index is 0.189. The summed E-state index contributed by atoms with van der Waals surface area (Å²) in [5.74, 6) is 0. The summed E-state index contributed by atoms with van der Waals surface area (Å²) in [5.41, 5.74) is 11.3. The van der Waals surface area contributed by atoms with Crippen LogP contribution in [0.1, 0.15) is 28.9 Å². The van der Waals surface area contributed by atoms with Crippen molar-refractivity contribution in [3.63, 3.8) is 0 Å². The normalized spacial score (nSPS) is 12.6. The van der Waals surface area contributed by atoms with E-state index in [0.717, 1.165) is 25.0 Å². The lowest BCUT2D eigenvalue weighted by atomic mass is 9.99. The molecule has 0 saturated heterocycles. The molecule has 0 fully saturated rings. The Morgan fingerprint density at radius 2 is 2.00 bits per heavy atom. The van der Waals surface area contributed by atoms with Gasteiger partial charge in [0.2, 0.25) is 0 Å². The molecule has 1 heterocycles. The van der Waals surface area contributed by atoms with Crippen molar-refractivity contribution in [3.05, 3.63) is 52.8 Å². The summed E-state index contributed by atoms with van der Waals surface area (Å²) < 4.78 is 1.93. The molecule has 0 aliphatic heterocycles. The Hall–Kier alpha value is -1.61. The highest BCUT2D eigenvalue weighted by Crippen LogP contribution is 2.12. The van der Waals surface area contributed by atoms with E-state index in [1.165, 1.54) is 16.8 Å². The number of nitrogens with two attached hydrogens (primary N) is 1. The molecular weight excluding hydrogens is 234 g/mol. The van der Waals surface area contributed by atoms with Gasteiger partial charge in [-0.05, 0) is 43.9 Å². The van der Waals surface area contributed by atoms with Crippen molar-refractivity contribution in [2.75, 3.05) is 0 Å². The Kier molecular flexibility index (Phi) is 4.38. The van der Waals surface area contributed by atoms with E-state index in [2.05, 4.69) is 42.4 Å². The maximum atomic E-state index is 6.24. The first kappa shape index (κ1) is 13.8. The molecule has 1 aromatic heterocycles. The van der Waals surface area contributed by atoms with E-state index < -0.39 is 0 Å². The molecule has 0 aliphatic carbocycles. The standard InChI is InChI=1S/C16H23N3/c1-12-6-4-5-7-14(12)8-9-15(17)11-16-10-13(2)18-19(16)3/h4-7,10,15H,8-9,11,17H2,1-3H3. The first-order valence-electron chi connectivity index (χ1n) is 6.86. The number of rotatable bonds is 5. The third-order valence-electron chi connectivity index (χ3n) is 3.62. The van der Waals surface area contributed by atoms with Crippen LogP contribution < -0.4 is 5.73 Å². The third kappa shape index (κ3) is 3.67. The van der Waals surface area contributed by atoms with Gasteiger partial charge in [0.25, 0.3) is 0 Å². The molecule has 1 atom stereocenters. The molecule has 3 nitrogen and oxygen atoms in total. The van der Waals surface area contributed by atoms with Gasteiger partial charge >= 0.3 is 0 Å². The van der Waals surface area contributed by atoms with Crippen LogP contribution >= 0.6 is 0 Å². The minimum atomic E-state index is 0.189. The lowest BCUT2D eigenvalue weighted by molar-refractivity contribution is 0.577. The second-order valence-corrected chi connectivity index (χ2v) is 5.33. The van der Waals surface area contributed by atoms with Crippen LogP contribution in [0.25, 0.3) is 0 Å². The minimum Gasteiger partial charge on any atom is -0.327 e. The van der Waals surface area contributed by atoms with Gasteiger partial charge in [0.1, 0.15) is 0 Å². The van der Waals surface area contributed by atoms with Crippen LogP contribution in [0, 0.1) is 13.8 Å². The van der Waals surface area contributed by atoms with Crippen LogP contribution in [-0.2, 0) is 19.9 Å². The van der Waals surface area contributed by atoms with Crippen LogP contribution in [-0.4, -0.2) is 15.8 Å². The topological polar surface area (TPSA) is 43.8 Å². The molecule has 0 bridgehead atoms. The lowest BCUT2D eigenvalue weighted by Crippen LogP contribution is -2.24. The Bertz CT molecular complexity index is 543. The van der Waals surface area contributed by atoms with E-state index in [9.17, 15) is 0 Å².